The maximum absolute atomic E-state index is 2.58. The summed E-state index contributed by atoms with van der Waals surface area (Å²) >= 11 is 0. The van der Waals surface area contributed by atoms with Gasteiger partial charge in [0.2, 0.25) is 0 Å². The van der Waals surface area contributed by atoms with Gasteiger partial charge in [-0.2, -0.15) is 0 Å². The fraction of sp³-hybridized carbons (Fsp3) is 1.00. The number of hydrogen-bond acceptors (Lipinski definition) is 2. The minimum absolute atomic E-state index is 0.870. The Bertz CT molecular complexity index is 181. The van der Waals surface area contributed by atoms with Crippen LogP contribution in [-0.2, 0) is 0 Å². The molecule has 14 heavy (non-hydrogen) atoms. The third kappa shape index (κ3) is 2.29. The molecular formula is C12H24N2. The van der Waals surface area contributed by atoms with Crippen molar-refractivity contribution in [3.8, 4) is 0 Å². The molecule has 2 heterocycles. The molecule has 0 amide bonds. The van der Waals surface area contributed by atoms with Gasteiger partial charge < -0.3 is 9.80 Å². The van der Waals surface area contributed by atoms with E-state index < -0.39 is 0 Å². The van der Waals surface area contributed by atoms with Gasteiger partial charge in [0.25, 0.3) is 0 Å². The van der Waals surface area contributed by atoms with Crippen LogP contribution in [0, 0.1) is 0 Å². The van der Waals surface area contributed by atoms with E-state index in [0.717, 1.165) is 12.1 Å². The van der Waals surface area contributed by atoms with Gasteiger partial charge >= 0.3 is 0 Å². The monoisotopic (exact) mass is 196 g/mol. The largest absolute Gasteiger partial charge is 0.303 e. The fourth-order valence-electron chi connectivity index (χ4n) is 3.03. The quantitative estimate of drug-likeness (QED) is 0.666. The molecule has 2 rings (SSSR count). The molecule has 2 fully saturated rings. The molecule has 2 aliphatic heterocycles. The average Bonchev–Trinajstić information content (AvgIpc) is 2.56. The predicted octanol–water partition coefficient (Wildman–Crippen LogP) is 1.95. The van der Waals surface area contributed by atoms with Gasteiger partial charge in [-0.1, -0.05) is 6.42 Å². The van der Waals surface area contributed by atoms with Gasteiger partial charge in [-0.25, -0.2) is 0 Å². The van der Waals surface area contributed by atoms with Gasteiger partial charge in [-0.05, 0) is 59.3 Å². The van der Waals surface area contributed by atoms with Crippen LogP contribution in [0.25, 0.3) is 0 Å². The Morgan fingerprint density at radius 2 is 1.43 bits per heavy atom. The van der Waals surface area contributed by atoms with Crippen molar-refractivity contribution >= 4 is 0 Å². The van der Waals surface area contributed by atoms with E-state index in [1.54, 1.807) is 0 Å². The molecule has 0 aromatic rings. The van der Waals surface area contributed by atoms with Gasteiger partial charge in [-0.3, -0.25) is 0 Å². The lowest BCUT2D eigenvalue weighted by Crippen LogP contribution is -2.40. The smallest absolute Gasteiger partial charge is 0.0108 e. The molecule has 0 saturated carbocycles. The minimum atomic E-state index is 0.870. The fourth-order valence-corrected chi connectivity index (χ4v) is 3.03. The first-order valence-electron chi connectivity index (χ1n) is 6.18. The van der Waals surface area contributed by atoms with E-state index in [0.29, 0.717) is 0 Å². The molecular weight excluding hydrogens is 172 g/mol. The summed E-state index contributed by atoms with van der Waals surface area (Å²) in [6, 6.07) is 1.75. The second kappa shape index (κ2) is 4.63. The van der Waals surface area contributed by atoms with Crippen molar-refractivity contribution in [1.29, 1.82) is 0 Å². The van der Waals surface area contributed by atoms with Crippen molar-refractivity contribution in [3.63, 3.8) is 0 Å². The lowest BCUT2D eigenvalue weighted by molar-refractivity contribution is 0.144. The summed E-state index contributed by atoms with van der Waals surface area (Å²) < 4.78 is 0. The number of piperidine rings is 1. The minimum Gasteiger partial charge on any atom is -0.303 e. The van der Waals surface area contributed by atoms with E-state index in [2.05, 4.69) is 23.9 Å². The van der Waals surface area contributed by atoms with E-state index in [9.17, 15) is 0 Å². The van der Waals surface area contributed by atoms with Crippen molar-refractivity contribution in [3.05, 3.63) is 0 Å². The number of hydrogen-bond donors (Lipinski definition) is 0. The van der Waals surface area contributed by atoms with E-state index in [-0.39, 0.29) is 0 Å². The standard InChI is InChI=1S/C12H24N2/c1-13-8-4-3-6-11(13)10-12-7-5-9-14(12)2/h11-12H,3-10H2,1-2H3/t11?,12-/m0/s1. The second-order valence-corrected chi connectivity index (χ2v) is 5.14. The maximum Gasteiger partial charge on any atom is 0.0108 e. The molecule has 2 nitrogen and oxygen atoms in total. The Hall–Kier alpha value is -0.0800. The Kier molecular flexibility index (Phi) is 3.45. The highest BCUT2D eigenvalue weighted by Gasteiger charge is 2.27. The molecule has 82 valence electrons. The van der Waals surface area contributed by atoms with Gasteiger partial charge in [0.15, 0.2) is 0 Å². The Labute approximate surface area is 88.3 Å². The molecule has 0 spiro atoms. The molecule has 2 saturated heterocycles. The highest BCUT2D eigenvalue weighted by atomic mass is 15.2. The van der Waals surface area contributed by atoms with Crippen LogP contribution in [0.3, 0.4) is 0 Å². The highest BCUT2D eigenvalue weighted by molar-refractivity contribution is 4.84. The first kappa shape index (κ1) is 10.4. The first-order chi connectivity index (χ1) is 6.77. The number of nitrogens with zero attached hydrogens (tertiary/aromatic N) is 2. The summed E-state index contributed by atoms with van der Waals surface area (Å²) in [4.78, 5) is 5.14. The molecule has 0 bridgehead atoms. The number of rotatable bonds is 2. The lowest BCUT2D eigenvalue weighted by atomic mass is 9.95. The highest BCUT2D eigenvalue weighted by Crippen LogP contribution is 2.25. The van der Waals surface area contributed by atoms with Crippen molar-refractivity contribution in [2.75, 3.05) is 27.2 Å². The van der Waals surface area contributed by atoms with E-state index in [1.165, 1.54) is 51.6 Å². The predicted molar refractivity (Wildman–Crippen MR) is 60.5 cm³/mol. The Morgan fingerprint density at radius 1 is 0.857 bits per heavy atom. The van der Waals surface area contributed by atoms with Gasteiger partial charge in [-0.15, -0.1) is 0 Å². The zero-order chi connectivity index (χ0) is 9.97. The van der Waals surface area contributed by atoms with Crippen LogP contribution in [0.5, 0.6) is 0 Å². The van der Waals surface area contributed by atoms with Crippen molar-refractivity contribution < 1.29 is 0 Å². The summed E-state index contributed by atoms with van der Waals surface area (Å²) in [6.45, 7) is 2.64. The summed E-state index contributed by atoms with van der Waals surface area (Å²) in [5.41, 5.74) is 0. The zero-order valence-electron chi connectivity index (χ0n) is 9.71. The summed E-state index contributed by atoms with van der Waals surface area (Å²) in [5.74, 6) is 0. The molecule has 2 atom stereocenters. The molecule has 0 aromatic heterocycles. The van der Waals surface area contributed by atoms with Crippen LogP contribution < -0.4 is 0 Å². The topological polar surface area (TPSA) is 6.48 Å². The second-order valence-electron chi connectivity index (χ2n) is 5.14. The van der Waals surface area contributed by atoms with E-state index in [4.69, 9.17) is 0 Å². The Morgan fingerprint density at radius 3 is 2.00 bits per heavy atom. The van der Waals surface area contributed by atoms with Crippen LogP contribution in [0.1, 0.15) is 38.5 Å². The Balaban J connectivity index is 1.83. The molecule has 0 aliphatic carbocycles. The molecule has 0 radical (unpaired) electrons. The zero-order valence-corrected chi connectivity index (χ0v) is 9.71. The van der Waals surface area contributed by atoms with Gasteiger partial charge in [0.05, 0.1) is 0 Å². The van der Waals surface area contributed by atoms with Crippen molar-refractivity contribution in [2.45, 2.75) is 50.6 Å². The first-order valence-corrected chi connectivity index (χ1v) is 6.18. The summed E-state index contributed by atoms with van der Waals surface area (Å²) in [7, 11) is 4.60. The van der Waals surface area contributed by atoms with Crippen LogP contribution in [-0.4, -0.2) is 49.1 Å². The van der Waals surface area contributed by atoms with E-state index in [1.807, 2.05) is 0 Å². The molecule has 1 unspecified atom stereocenters. The lowest BCUT2D eigenvalue weighted by Gasteiger charge is -2.35. The maximum atomic E-state index is 2.58. The third-order valence-electron chi connectivity index (χ3n) is 4.14. The molecule has 2 heteroatoms. The van der Waals surface area contributed by atoms with Crippen molar-refractivity contribution in [2.24, 2.45) is 0 Å². The van der Waals surface area contributed by atoms with Crippen molar-refractivity contribution in [1.82, 2.24) is 9.80 Å². The van der Waals surface area contributed by atoms with Crippen LogP contribution >= 0.6 is 0 Å². The average molecular weight is 196 g/mol. The van der Waals surface area contributed by atoms with Crippen LogP contribution in [0.15, 0.2) is 0 Å². The van der Waals surface area contributed by atoms with Crippen LogP contribution in [0.2, 0.25) is 0 Å². The molecule has 2 aliphatic rings. The SMILES string of the molecule is CN1CCCCC1C[C@@H]1CCCN1C. The van der Waals surface area contributed by atoms with Gasteiger partial charge in [0, 0.05) is 12.1 Å². The molecule has 0 N–H and O–H groups in total. The summed E-state index contributed by atoms with van der Waals surface area (Å²) in [6.07, 6.45) is 8.55. The number of likely N-dealkylation sites (tertiary alicyclic amines) is 2. The van der Waals surface area contributed by atoms with Crippen LogP contribution in [0.4, 0.5) is 0 Å². The summed E-state index contributed by atoms with van der Waals surface area (Å²) in [5, 5.41) is 0. The third-order valence-corrected chi connectivity index (χ3v) is 4.14. The van der Waals surface area contributed by atoms with E-state index >= 15 is 0 Å². The normalized spacial score (nSPS) is 36.4. The molecule has 0 aromatic carbocycles. The van der Waals surface area contributed by atoms with Gasteiger partial charge in [0.1, 0.15) is 0 Å².